The van der Waals surface area contributed by atoms with Crippen LogP contribution in [-0.2, 0) is 4.79 Å². The van der Waals surface area contributed by atoms with Gasteiger partial charge in [0.25, 0.3) is 0 Å². The largest absolute Gasteiger partial charge is 0.496 e. The van der Waals surface area contributed by atoms with Crippen molar-refractivity contribution in [3.8, 4) is 11.5 Å². The molecule has 1 unspecified atom stereocenters. The molecule has 1 aliphatic rings. The molecule has 1 atom stereocenters. The first-order valence-corrected chi connectivity index (χ1v) is 8.73. The number of piperidine rings is 1. The Bertz CT molecular complexity index is 720. The number of carboxylic acids is 1. The van der Waals surface area contributed by atoms with E-state index >= 15 is 0 Å². The van der Waals surface area contributed by atoms with Crippen LogP contribution in [-0.4, -0.2) is 48.3 Å². The van der Waals surface area contributed by atoms with Crippen LogP contribution in [0.15, 0.2) is 42.7 Å². The SMILES string of the molecule is COc1cccc(OC)c1C(c1ccncc1)N1CCC(C(=O)O)CC1. The summed E-state index contributed by atoms with van der Waals surface area (Å²) in [5.74, 6) is 0.530. The van der Waals surface area contributed by atoms with Crippen molar-refractivity contribution in [2.75, 3.05) is 27.3 Å². The van der Waals surface area contributed by atoms with Crippen molar-refractivity contribution in [3.63, 3.8) is 0 Å². The van der Waals surface area contributed by atoms with Gasteiger partial charge in [0.2, 0.25) is 0 Å². The Morgan fingerprint density at radius 2 is 1.69 bits per heavy atom. The van der Waals surface area contributed by atoms with Crippen molar-refractivity contribution in [1.82, 2.24) is 9.88 Å². The van der Waals surface area contributed by atoms with E-state index in [0.717, 1.165) is 22.6 Å². The third kappa shape index (κ3) is 3.65. The van der Waals surface area contributed by atoms with Gasteiger partial charge in [0.1, 0.15) is 11.5 Å². The van der Waals surface area contributed by atoms with Crippen molar-refractivity contribution >= 4 is 5.97 Å². The molecule has 0 saturated carbocycles. The Labute approximate surface area is 153 Å². The van der Waals surface area contributed by atoms with Crippen molar-refractivity contribution < 1.29 is 19.4 Å². The summed E-state index contributed by atoms with van der Waals surface area (Å²) < 4.78 is 11.2. The zero-order chi connectivity index (χ0) is 18.5. The average molecular weight is 356 g/mol. The summed E-state index contributed by atoms with van der Waals surface area (Å²) in [7, 11) is 3.30. The first kappa shape index (κ1) is 18.2. The van der Waals surface area contributed by atoms with Gasteiger partial charge in [-0.1, -0.05) is 6.07 Å². The molecule has 1 aromatic heterocycles. The molecule has 6 heteroatoms. The molecule has 138 valence electrons. The topological polar surface area (TPSA) is 71.9 Å². The molecule has 0 radical (unpaired) electrons. The summed E-state index contributed by atoms with van der Waals surface area (Å²) in [6.07, 6.45) is 4.81. The molecule has 2 aromatic rings. The van der Waals surface area contributed by atoms with Gasteiger partial charge in [-0.3, -0.25) is 14.7 Å². The van der Waals surface area contributed by atoms with E-state index in [0.29, 0.717) is 25.9 Å². The predicted octanol–water partition coefficient (Wildman–Crippen LogP) is 2.98. The molecule has 1 N–H and O–H groups in total. The predicted molar refractivity (Wildman–Crippen MR) is 97.6 cm³/mol. The highest BCUT2D eigenvalue weighted by atomic mass is 16.5. The van der Waals surface area contributed by atoms with Crippen LogP contribution < -0.4 is 9.47 Å². The number of methoxy groups -OCH3 is 2. The number of benzene rings is 1. The van der Waals surface area contributed by atoms with Crippen molar-refractivity contribution in [2.24, 2.45) is 5.92 Å². The molecule has 1 saturated heterocycles. The summed E-state index contributed by atoms with van der Waals surface area (Å²) in [6, 6.07) is 9.64. The van der Waals surface area contributed by atoms with Gasteiger partial charge in [-0.05, 0) is 55.8 Å². The molecule has 3 rings (SSSR count). The minimum absolute atomic E-state index is 0.0844. The zero-order valence-corrected chi connectivity index (χ0v) is 15.1. The van der Waals surface area contributed by atoms with Gasteiger partial charge >= 0.3 is 5.97 Å². The van der Waals surface area contributed by atoms with Gasteiger partial charge in [0.15, 0.2) is 0 Å². The van der Waals surface area contributed by atoms with Crippen LogP contribution in [0.1, 0.15) is 30.0 Å². The van der Waals surface area contributed by atoms with Gasteiger partial charge in [0, 0.05) is 12.4 Å². The van der Waals surface area contributed by atoms with Crippen LogP contribution >= 0.6 is 0 Å². The van der Waals surface area contributed by atoms with E-state index in [2.05, 4.69) is 9.88 Å². The summed E-state index contributed by atoms with van der Waals surface area (Å²) >= 11 is 0. The number of carbonyl (C=O) groups is 1. The molecular formula is C20H24N2O4. The maximum Gasteiger partial charge on any atom is 0.306 e. The van der Waals surface area contributed by atoms with Gasteiger partial charge in [-0.15, -0.1) is 0 Å². The Hall–Kier alpha value is -2.60. The summed E-state index contributed by atoms with van der Waals surface area (Å²) in [6.45, 7) is 1.40. The average Bonchev–Trinajstić information content (AvgIpc) is 2.69. The second-order valence-corrected chi connectivity index (χ2v) is 6.41. The maximum absolute atomic E-state index is 11.3. The summed E-state index contributed by atoms with van der Waals surface area (Å²) in [4.78, 5) is 17.7. The van der Waals surface area contributed by atoms with Crippen LogP contribution in [0, 0.1) is 5.92 Å². The van der Waals surface area contributed by atoms with E-state index in [-0.39, 0.29) is 12.0 Å². The van der Waals surface area contributed by atoms with Crippen LogP contribution in [0.3, 0.4) is 0 Å². The third-order valence-corrected chi connectivity index (χ3v) is 5.01. The normalized spacial score (nSPS) is 16.8. The fourth-order valence-electron chi connectivity index (χ4n) is 3.66. The van der Waals surface area contributed by atoms with E-state index in [1.165, 1.54) is 0 Å². The van der Waals surface area contributed by atoms with Crippen molar-refractivity contribution in [3.05, 3.63) is 53.9 Å². The molecule has 26 heavy (non-hydrogen) atoms. The molecule has 1 fully saturated rings. The highest BCUT2D eigenvalue weighted by molar-refractivity contribution is 5.70. The third-order valence-electron chi connectivity index (χ3n) is 5.01. The van der Waals surface area contributed by atoms with Gasteiger partial charge in [0.05, 0.1) is 31.7 Å². The monoisotopic (exact) mass is 356 g/mol. The van der Waals surface area contributed by atoms with E-state index < -0.39 is 5.97 Å². The molecule has 1 aliphatic heterocycles. The number of hydrogen-bond acceptors (Lipinski definition) is 5. The molecular weight excluding hydrogens is 332 g/mol. The first-order valence-electron chi connectivity index (χ1n) is 8.73. The smallest absolute Gasteiger partial charge is 0.306 e. The fourth-order valence-corrected chi connectivity index (χ4v) is 3.66. The Morgan fingerprint density at radius 3 is 2.19 bits per heavy atom. The van der Waals surface area contributed by atoms with Crippen LogP contribution in [0.25, 0.3) is 0 Å². The lowest BCUT2D eigenvalue weighted by Gasteiger charge is -2.38. The second kappa shape index (κ2) is 8.19. The number of rotatable bonds is 6. The number of pyridine rings is 1. The minimum Gasteiger partial charge on any atom is -0.496 e. The molecule has 0 spiro atoms. The first-order chi connectivity index (χ1) is 12.7. The Balaban J connectivity index is 2.03. The number of carboxylic acid groups (broad SMARTS) is 1. The number of likely N-dealkylation sites (tertiary alicyclic amines) is 1. The lowest BCUT2D eigenvalue weighted by Crippen LogP contribution is -2.39. The van der Waals surface area contributed by atoms with E-state index in [1.54, 1.807) is 26.6 Å². The zero-order valence-electron chi connectivity index (χ0n) is 15.1. The lowest BCUT2D eigenvalue weighted by atomic mass is 9.91. The highest BCUT2D eigenvalue weighted by Crippen LogP contribution is 2.42. The number of nitrogens with zero attached hydrogens (tertiary/aromatic N) is 2. The number of hydrogen-bond donors (Lipinski definition) is 1. The van der Waals surface area contributed by atoms with Gasteiger partial charge in [-0.25, -0.2) is 0 Å². The number of aliphatic carboxylic acids is 1. The van der Waals surface area contributed by atoms with Crippen LogP contribution in [0.2, 0.25) is 0 Å². The van der Waals surface area contributed by atoms with Gasteiger partial charge < -0.3 is 14.6 Å². The molecule has 0 aliphatic carbocycles. The summed E-state index contributed by atoms with van der Waals surface area (Å²) in [5.41, 5.74) is 2.04. The Morgan fingerprint density at radius 1 is 1.12 bits per heavy atom. The Kier molecular flexibility index (Phi) is 5.73. The van der Waals surface area contributed by atoms with Crippen molar-refractivity contribution in [2.45, 2.75) is 18.9 Å². The minimum atomic E-state index is -0.708. The maximum atomic E-state index is 11.3. The number of aromatic nitrogens is 1. The molecule has 1 aromatic carbocycles. The van der Waals surface area contributed by atoms with E-state index in [1.807, 2.05) is 30.3 Å². The van der Waals surface area contributed by atoms with Crippen LogP contribution in [0.5, 0.6) is 11.5 Å². The van der Waals surface area contributed by atoms with Gasteiger partial charge in [-0.2, -0.15) is 0 Å². The highest BCUT2D eigenvalue weighted by Gasteiger charge is 2.33. The van der Waals surface area contributed by atoms with E-state index in [4.69, 9.17) is 9.47 Å². The molecule has 6 nitrogen and oxygen atoms in total. The molecule has 2 heterocycles. The van der Waals surface area contributed by atoms with Crippen molar-refractivity contribution in [1.29, 1.82) is 0 Å². The molecule has 0 bridgehead atoms. The van der Waals surface area contributed by atoms with Crippen LogP contribution in [0.4, 0.5) is 0 Å². The van der Waals surface area contributed by atoms with E-state index in [9.17, 15) is 9.90 Å². The molecule has 0 amide bonds. The lowest BCUT2D eigenvalue weighted by molar-refractivity contribution is -0.143. The standard InChI is InChI=1S/C20H24N2O4/c1-25-16-4-3-5-17(26-2)18(16)19(14-6-10-21-11-7-14)22-12-8-15(9-13-22)20(23)24/h3-7,10-11,15,19H,8-9,12-13H2,1-2H3,(H,23,24). The summed E-state index contributed by atoms with van der Waals surface area (Å²) in [5, 5.41) is 9.29. The number of ether oxygens (including phenoxy) is 2. The second-order valence-electron chi connectivity index (χ2n) is 6.41. The fraction of sp³-hybridized carbons (Fsp3) is 0.400. The quantitative estimate of drug-likeness (QED) is 0.858.